The van der Waals surface area contributed by atoms with Crippen molar-refractivity contribution in [2.75, 3.05) is 18.4 Å². The lowest BCUT2D eigenvalue weighted by molar-refractivity contribution is -0.123. The molecule has 1 saturated heterocycles. The van der Waals surface area contributed by atoms with E-state index < -0.39 is 11.9 Å². The van der Waals surface area contributed by atoms with Crippen LogP contribution in [0.5, 0.6) is 0 Å². The van der Waals surface area contributed by atoms with Crippen LogP contribution in [0.4, 0.5) is 10.7 Å². The average Bonchev–Trinajstić information content (AvgIpc) is 2.99. The van der Waals surface area contributed by atoms with E-state index in [4.69, 9.17) is 0 Å². The smallest absolute Gasteiger partial charge is 0.315 e. The number of rotatable bonds is 4. The quantitative estimate of drug-likeness (QED) is 0.712. The average molecular weight is 315 g/mol. The minimum absolute atomic E-state index is 0.0872. The Labute approximate surface area is 130 Å². The van der Waals surface area contributed by atoms with Gasteiger partial charge in [-0.2, -0.15) is 4.98 Å². The normalized spacial score (nSPS) is 14.5. The van der Waals surface area contributed by atoms with Crippen molar-refractivity contribution >= 4 is 23.8 Å². The van der Waals surface area contributed by atoms with Gasteiger partial charge in [-0.25, -0.2) is 4.79 Å². The number of hydrogen-bond acceptors (Lipinski definition) is 6. The standard InChI is InChI=1S/C13H13N7O3/c21-9-4-6-20(13(23)16-9)7-10(22)15-12-17-11(18-19-12)8-3-1-2-5-14-8/h1-3,5H,4,6-7H2,(H,16,21,23)(H2,15,17,18,19,22). The van der Waals surface area contributed by atoms with E-state index in [1.54, 1.807) is 24.4 Å². The van der Waals surface area contributed by atoms with Gasteiger partial charge in [0, 0.05) is 19.2 Å². The molecule has 2 aromatic rings. The summed E-state index contributed by atoms with van der Waals surface area (Å²) in [5.74, 6) is -0.298. The molecule has 1 fully saturated rings. The first-order valence-corrected chi connectivity index (χ1v) is 6.84. The number of imide groups is 1. The maximum absolute atomic E-state index is 11.9. The van der Waals surface area contributed by atoms with Crippen LogP contribution >= 0.6 is 0 Å². The molecule has 10 heteroatoms. The fourth-order valence-corrected chi connectivity index (χ4v) is 2.02. The lowest BCUT2D eigenvalue weighted by Gasteiger charge is -2.25. The van der Waals surface area contributed by atoms with Crippen LogP contribution in [0, 0.1) is 0 Å². The van der Waals surface area contributed by atoms with Gasteiger partial charge in [-0.3, -0.25) is 30.3 Å². The van der Waals surface area contributed by atoms with Crippen LogP contribution in [-0.4, -0.2) is 56.0 Å². The Morgan fingerprint density at radius 1 is 1.35 bits per heavy atom. The second kappa shape index (κ2) is 6.22. The summed E-state index contributed by atoms with van der Waals surface area (Å²) in [5, 5.41) is 11.2. The number of aromatic nitrogens is 4. The van der Waals surface area contributed by atoms with E-state index in [9.17, 15) is 14.4 Å². The summed E-state index contributed by atoms with van der Waals surface area (Å²) in [4.78, 5) is 44.0. The second-order valence-corrected chi connectivity index (χ2v) is 4.80. The first-order chi connectivity index (χ1) is 11.1. The zero-order valence-corrected chi connectivity index (χ0v) is 11.9. The van der Waals surface area contributed by atoms with Gasteiger partial charge >= 0.3 is 6.03 Å². The number of nitrogens with zero attached hydrogens (tertiary/aromatic N) is 4. The van der Waals surface area contributed by atoms with Crippen LogP contribution in [0.25, 0.3) is 11.5 Å². The van der Waals surface area contributed by atoms with Gasteiger partial charge in [0.1, 0.15) is 12.2 Å². The molecule has 3 N–H and O–H groups in total. The highest BCUT2D eigenvalue weighted by Crippen LogP contribution is 2.12. The fourth-order valence-electron chi connectivity index (χ4n) is 2.02. The molecule has 2 aromatic heterocycles. The molecule has 0 aromatic carbocycles. The number of pyridine rings is 1. The monoisotopic (exact) mass is 315 g/mol. The summed E-state index contributed by atoms with van der Waals surface area (Å²) in [6, 6.07) is 4.75. The second-order valence-electron chi connectivity index (χ2n) is 4.80. The Kier molecular flexibility index (Phi) is 3.95. The molecule has 0 bridgehead atoms. The largest absolute Gasteiger partial charge is 0.324 e. The van der Waals surface area contributed by atoms with Crippen LogP contribution in [0.3, 0.4) is 0 Å². The van der Waals surface area contributed by atoms with Crippen LogP contribution < -0.4 is 10.6 Å². The van der Waals surface area contributed by atoms with E-state index in [0.717, 1.165) is 0 Å². The Bertz CT molecular complexity index is 743. The van der Waals surface area contributed by atoms with Crippen LogP contribution in [0.15, 0.2) is 24.4 Å². The van der Waals surface area contributed by atoms with E-state index in [1.807, 2.05) is 0 Å². The minimum Gasteiger partial charge on any atom is -0.315 e. The van der Waals surface area contributed by atoms with Gasteiger partial charge < -0.3 is 4.90 Å². The van der Waals surface area contributed by atoms with Crippen molar-refractivity contribution in [1.82, 2.24) is 30.4 Å². The number of urea groups is 1. The molecule has 0 radical (unpaired) electrons. The summed E-state index contributed by atoms with van der Waals surface area (Å²) in [6.07, 6.45) is 1.79. The van der Waals surface area contributed by atoms with E-state index in [1.165, 1.54) is 4.90 Å². The summed E-state index contributed by atoms with van der Waals surface area (Å²) < 4.78 is 0. The third-order valence-corrected chi connectivity index (χ3v) is 3.12. The van der Waals surface area contributed by atoms with Gasteiger partial charge in [0.15, 0.2) is 5.82 Å². The van der Waals surface area contributed by atoms with Gasteiger partial charge in [0.25, 0.3) is 0 Å². The van der Waals surface area contributed by atoms with Crippen molar-refractivity contribution in [2.45, 2.75) is 6.42 Å². The van der Waals surface area contributed by atoms with Crippen molar-refractivity contribution in [3.63, 3.8) is 0 Å². The van der Waals surface area contributed by atoms with Crippen molar-refractivity contribution in [3.8, 4) is 11.5 Å². The molecule has 0 atom stereocenters. The Morgan fingerprint density at radius 2 is 2.22 bits per heavy atom. The summed E-state index contributed by atoms with van der Waals surface area (Å²) in [5.41, 5.74) is 0.592. The predicted molar refractivity (Wildman–Crippen MR) is 78.0 cm³/mol. The SMILES string of the molecule is O=C1CCN(CC(=O)Nc2n[nH]c(-c3ccccn3)n2)C(=O)N1. The molecule has 118 valence electrons. The summed E-state index contributed by atoms with van der Waals surface area (Å²) in [7, 11) is 0. The van der Waals surface area contributed by atoms with Gasteiger partial charge in [-0.1, -0.05) is 6.07 Å². The molecule has 0 spiro atoms. The van der Waals surface area contributed by atoms with Gasteiger partial charge in [0.05, 0.1) is 0 Å². The van der Waals surface area contributed by atoms with Gasteiger partial charge in [0.2, 0.25) is 17.8 Å². The third kappa shape index (κ3) is 3.48. The Morgan fingerprint density at radius 3 is 2.96 bits per heavy atom. The molecule has 0 saturated carbocycles. The van der Waals surface area contributed by atoms with E-state index >= 15 is 0 Å². The lowest BCUT2D eigenvalue weighted by atomic mass is 10.3. The van der Waals surface area contributed by atoms with Crippen molar-refractivity contribution in [3.05, 3.63) is 24.4 Å². The zero-order chi connectivity index (χ0) is 16.2. The molecule has 0 unspecified atom stereocenters. The summed E-state index contributed by atoms with van der Waals surface area (Å²) >= 11 is 0. The number of H-pyrrole nitrogens is 1. The first kappa shape index (κ1) is 14.6. The molecular weight excluding hydrogens is 302 g/mol. The molecule has 0 aliphatic carbocycles. The minimum atomic E-state index is -0.583. The van der Waals surface area contributed by atoms with E-state index in [2.05, 4.69) is 30.8 Å². The molecule has 10 nitrogen and oxygen atoms in total. The highest BCUT2D eigenvalue weighted by molar-refractivity contribution is 5.99. The molecule has 1 aliphatic heterocycles. The van der Waals surface area contributed by atoms with Crippen molar-refractivity contribution < 1.29 is 14.4 Å². The Balaban J connectivity index is 1.59. The maximum Gasteiger partial charge on any atom is 0.324 e. The molecule has 3 rings (SSSR count). The number of carbonyl (C=O) groups excluding carboxylic acids is 3. The lowest BCUT2D eigenvalue weighted by Crippen LogP contribution is -2.51. The van der Waals surface area contributed by atoms with Gasteiger partial charge in [-0.15, -0.1) is 5.10 Å². The zero-order valence-electron chi connectivity index (χ0n) is 11.9. The van der Waals surface area contributed by atoms with Crippen LogP contribution in [-0.2, 0) is 9.59 Å². The molecule has 1 aliphatic rings. The Hall–Kier alpha value is -3.30. The molecule has 4 amide bonds. The number of anilines is 1. The van der Waals surface area contributed by atoms with E-state index in [-0.39, 0.29) is 31.4 Å². The maximum atomic E-state index is 11.9. The number of hydrogen-bond donors (Lipinski definition) is 3. The van der Waals surface area contributed by atoms with Gasteiger partial charge in [-0.05, 0) is 12.1 Å². The predicted octanol–water partition coefficient (Wildman–Crippen LogP) is -0.253. The van der Waals surface area contributed by atoms with Crippen LogP contribution in [0.2, 0.25) is 0 Å². The summed E-state index contributed by atoms with van der Waals surface area (Å²) in [6.45, 7) is 0.0117. The van der Waals surface area contributed by atoms with Crippen molar-refractivity contribution in [2.24, 2.45) is 0 Å². The third-order valence-electron chi connectivity index (χ3n) is 3.12. The fraction of sp³-hybridized carbons (Fsp3) is 0.231. The van der Waals surface area contributed by atoms with E-state index in [0.29, 0.717) is 11.5 Å². The number of aromatic amines is 1. The number of nitrogens with one attached hydrogen (secondary N) is 3. The highest BCUT2D eigenvalue weighted by atomic mass is 16.2. The molecule has 23 heavy (non-hydrogen) atoms. The van der Waals surface area contributed by atoms with Crippen LogP contribution in [0.1, 0.15) is 6.42 Å². The topological polar surface area (TPSA) is 133 Å². The van der Waals surface area contributed by atoms with Crippen molar-refractivity contribution in [1.29, 1.82) is 0 Å². The molecule has 3 heterocycles. The number of amides is 4. The highest BCUT2D eigenvalue weighted by Gasteiger charge is 2.25. The number of carbonyl (C=O) groups is 3. The first-order valence-electron chi connectivity index (χ1n) is 6.84. The molecular formula is C13H13N7O3.